The lowest BCUT2D eigenvalue weighted by molar-refractivity contribution is -0.142. The maximum absolute atomic E-state index is 12.1. The van der Waals surface area contributed by atoms with E-state index in [0.717, 1.165) is 25.7 Å². The van der Waals surface area contributed by atoms with Crippen molar-refractivity contribution in [3.05, 3.63) is 24.0 Å². The zero-order valence-corrected chi connectivity index (χ0v) is 17.7. The second-order valence-corrected chi connectivity index (χ2v) is 13.1. The highest BCUT2D eigenvalue weighted by molar-refractivity contribution is 6.74. The van der Waals surface area contributed by atoms with E-state index in [1.54, 1.807) is 6.08 Å². The molecule has 0 saturated heterocycles. The molecule has 1 aliphatic rings. The fraction of sp³-hybridized carbons (Fsp3) is 0.700. The summed E-state index contributed by atoms with van der Waals surface area (Å²) in [6.45, 7) is 12.7. The minimum Gasteiger partial charge on any atom is -0.544 e. The molecule has 142 valence electrons. The summed E-state index contributed by atoms with van der Waals surface area (Å²) in [4.78, 5) is 24.1. The number of Topliss-reactive ketones (excluding diaryl/α,β-unsaturated/α-hetero) is 1. The molecule has 0 aromatic carbocycles. The van der Waals surface area contributed by atoms with Crippen molar-refractivity contribution >= 4 is 20.1 Å². The first-order valence-electron chi connectivity index (χ1n) is 9.31. The van der Waals surface area contributed by atoms with E-state index in [2.05, 4.69) is 33.9 Å². The van der Waals surface area contributed by atoms with E-state index in [0.29, 0.717) is 18.6 Å². The Hall–Kier alpha value is -1.36. The van der Waals surface area contributed by atoms with Crippen LogP contribution in [0.1, 0.15) is 66.2 Å². The lowest BCUT2D eigenvalue weighted by Crippen LogP contribution is -2.40. The van der Waals surface area contributed by atoms with Gasteiger partial charge in [-0.05, 0) is 56.5 Å². The van der Waals surface area contributed by atoms with Gasteiger partial charge in [-0.15, -0.1) is 0 Å². The third-order valence-electron chi connectivity index (χ3n) is 4.98. The molecule has 0 saturated carbocycles. The second kappa shape index (κ2) is 9.37. The molecule has 0 amide bonds. The fourth-order valence-electron chi connectivity index (χ4n) is 2.29. The first-order valence-corrected chi connectivity index (χ1v) is 12.2. The maximum atomic E-state index is 12.1. The van der Waals surface area contributed by atoms with Crippen LogP contribution in [0.5, 0.6) is 0 Å². The van der Waals surface area contributed by atoms with Crippen LogP contribution in [0, 0.1) is 0 Å². The number of carbonyl (C=O) groups is 2. The van der Waals surface area contributed by atoms with E-state index >= 15 is 0 Å². The summed E-state index contributed by atoms with van der Waals surface area (Å²) in [5.41, 5.74) is 0. The molecule has 0 bridgehead atoms. The van der Waals surface area contributed by atoms with Crippen LogP contribution in [0.2, 0.25) is 18.1 Å². The molecule has 0 aromatic rings. The predicted molar refractivity (Wildman–Crippen MR) is 104 cm³/mol. The third kappa shape index (κ3) is 8.04. The van der Waals surface area contributed by atoms with E-state index in [1.165, 1.54) is 6.08 Å². The Morgan fingerprint density at radius 2 is 1.80 bits per heavy atom. The summed E-state index contributed by atoms with van der Waals surface area (Å²) in [6, 6.07) is 0. The zero-order chi connectivity index (χ0) is 19.1. The molecule has 0 unspecified atom stereocenters. The summed E-state index contributed by atoms with van der Waals surface area (Å²) < 4.78 is 11.7. The average Bonchev–Trinajstić information content (AvgIpc) is 2.47. The normalized spacial score (nSPS) is 25.4. The van der Waals surface area contributed by atoms with Crippen molar-refractivity contribution in [2.45, 2.75) is 90.5 Å². The number of carbonyl (C=O) groups excluding carboxylic acids is 2. The van der Waals surface area contributed by atoms with Gasteiger partial charge in [-0.2, -0.15) is 0 Å². The Kier molecular flexibility index (Phi) is 8.12. The number of cyclic esters (lactones) is 1. The lowest BCUT2D eigenvalue weighted by atomic mass is 10.1. The van der Waals surface area contributed by atoms with Crippen LogP contribution in [0.25, 0.3) is 0 Å². The summed E-state index contributed by atoms with van der Waals surface area (Å²) >= 11 is 0. The van der Waals surface area contributed by atoms with Crippen molar-refractivity contribution in [3.63, 3.8) is 0 Å². The van der Waals surface area contributed by atoms with Gasteiger partial charge in [-0.3, -0.25) is 4.79 Å². The van der Waals surface area contributed by atoms with E-state index in [9.17, 15) is 9.59 Å². The number of ether oxygens (including phenoxy) is 1. The van der Waals surface area contributed by atoms with Crippen LogP contribution in [0.4, 0.5) is 0 Å². The lowest BCUT2D eigenvalue weighted by Gasteiger charge is -2.36. The van der Waals surface area contributed by atoms with Crippen molar-refractivity contribution in [3.8, 4) is 0 Å². The number of ketones is 1. The first kappa shape index (κ1) is 21.7. The molecular formula is C20H34O4Si. The van der Waals surface area contributed by atoms with Gasteiger partial charge in [0.15, 0.2) is 0 Å². The molecule has 4 nitrogen and oxygen atoms in total. The minimum absolute atomic E-state index is 0.0415. The third-order valence-corrected chi connectivity index (χ3v) is 9.34. The molecule has 25 heavy (non-hydrogen) atoms. The molecule has 0 aliphatic carbocycles. The highest BCUT2D eigenvalue weighted by atomic mass is 28.4. The standard InChI is InChI=1S/C20H34O4Si/c1-16-10-8-7-9-11-17(21)12-13-18(14-15-19(22)23-16)24-25(5,6)20(2,3)4/h13-16H,7-12H2,1-6H3/b15-14+,18-13+/t16-/m0/s1. The molecule has 0 radical (unpaired) electrons. The molecule has 1 rings (SSSR count). The Morgan fingerprint density at radius 1 is 1.12 bits per heavy atom. The van der Waals surface area contributed by atoms with Crippen LogP contribution in [0.3, 0.4) is 0 Å². The zero-order valence-electron chi connectivity index (χ0n) is 16.7. The second-order valence-electron chi connectivity index (χ2n) is 8.39. The van der Waals surface area contributed by atoms with Crippen LogP contribution < -0.4 is 0 Å². The smallest absolute Gasteiger partial charge is 0.331 e. The summed E-state index contributed by atoms with van der Waals surface area (Å²) in [6.07, 6.45) is 9.38. The molecular weight excluding hydrogens is 332 g/mol. The molecule has 0 fully saturated rings. The SMILES string of the molecule is C[C@H]1CCCCCC(=O)C/C=C(O[Si](C)(C)C(C)(C)C)\C=C\C(=O)O1. The van der Waals surface area contributed by atoms with E-state index < -0.39 is 8.32 Å². The molecule has 5 heteroatoms. The number of rotatable bonds is 2. The van der Waals surface area contributed by atoms with Gasteiger partial charge < -0.3 is 9.16 Å². The Balaban J connectivity index is 2.97. The van der Waals surface area contributed by atoms with Gasteiger partial charge >= 0.3 is 5.97 Å². The van der Waals surface area contributed by atoms with E-state index in [1.807, 2.05) is 13.0 Å². The van der Waals surface area contributed by atoms with Gasteiger partial charge in [-0.25, -0.2) is 4.79 Å². The van der Waals surface area contributed by atoms with Crippen molar-refractivity contribution in [2.75, 3.05) is 0 Å². The number of hydrogen-bond acceptors (Lipinski definition) is 4. The molecule has 0 spiro atoms. The molecule has 0 N–H and O–H groups in total. The number of esters is 1. The van der Waals surface area contributed by atoms with Crippen molar-refractivity contribution in [1.82, 2.24) is 0 Å². The van der Waals surface area contributed by atoms with Gasteiger partial charge in [0.2, 0.25) is 8.32 Å². The molecule has 1 aliphatic heterocycles. The number of allylic oxidation sites excluding steroid dienone is 2. The van der Waals surface area contributed by atoms with Crippen LogP contribution in [0.15, 0.2) is 24.0 Å². The van der Waals surface area contributed by atoms with E-state index in [-0.39, 0.29) is 22.9 Å². The van der Waals surface area contributed by atoms with Gasteiger partial charge in [0, 0.05) is 18.9 Å². The quantitative estimate of drug-likeness (QED) is 0.491. The Morgan fingerprint density at radius 3 is 2.44 bits per heavy atom. The Labute approximate surface area is 153 Å². The first-order chi connectivity index (χ1) is 11.5. The van der Waals surface area contributed by atoms with Gasteiger partial charge in [0.25, 0.3) is 0 Å². The van der Waals surface area contributed by atoms with Gasteiger partial charge in [0.1, 0.15) is 5.78 Å². The van der Waals surface area contributed by atoms with Crippen LogP contribution >= 0.6 is 0 Å². The highest BCUT2D eigenvalue weighted by Gasteiger charge is 2.39. The van der Waals surface area contributed by atoms with Gasteiger partial charge in [-0.1, -0.05) is 27.2 Å². The van der Waals surface area contributed by atoms with Crippen molar-refractivity contribution in [2.24, 2.45) is 0 Å². The number of hydrogen-bond donors (Lipinski definition) is 0. The largest absolute Gasteiger partial charge is 0.544 e. The summed E-state index contributed by atoms with van der Waals surface area (Å²) in [7, 11) is -2.04. The van der Waals surface area contributed by atoms with Crippen molar-refractivity contribution in [1.29, 1.82) is 0 Å². The maximum Gasteiger partial charge on any atom is 0.331 e. The monoisotopic (exact) mass is 366 g/mol. The van der Waals surface area contributed by atoms with Gasteiger partial charge in [0.05, 0.1) is 11.9 Å². The molecule has 1 atom stereocenters. The average molecular weight is 367 g/mol. The topological polar surface area (TPSA) is 52.6 Å². The Bertz CT molecular complexity index is 526. The summed E-state index contributed by atoms with van der Waals surface area (Å²) in [5, 5.41) is 0.0415. The van der Waals surface area contributed by atoms with Crippen molar-refractivity contribution < 1.29 is 18.8 Å². The minimum atomic E-state index is -2.04. The fourth-order valence-corrected chi connectivity index (χ4v) is 3.33. The van der Waals surface area contributed by atoms with E-state index in [4.69, 9.17) is 9.16 Å². The summed E-state index contributed by atoms with van der Waals surface area (Å²) in [5.74, 6) is 0.458. The van der Waals surface area contributed by atoms with Crippen LogP contribution in [-0.2, 0) is 18.8 Å². The molecule has 1 heterocycles. The molecule has 0 aromatic heterocycles. The predicted octanol–water partition coefficient (Wildman–Crippen LogP) is 5.30. The highest BCUT2D eigenvalue weighted by Crippen LogP contribution is 2.38. The van der Waals surface area contributed by atoms with Crippen LogP contribution in [-0.4, -0.2) is 26.2 Å².